The minimum atomic E-state index is -0.983. The van der Waals surface area contributed by atoms with Gasteiger partial charge in [-0.05, 0) is 36.6 Å². The molecule has 2 atom stereocenters. The summed E-state index contributed by atoms with van der Waals surface area (Å²) in [4.78, 5) is 36.0. The molecule has 2 amide bonds. The standard InChI is InChI=1S/C32H33BClN3O3/c1-21-2-4-22(5-3-21)17-32(31(39)36-12-14-40-15-13-36)18-29(38)37(20-23-6-8-24(33)9-7-23)30(32)27-19-35-28-16-25(34)10-11-26(27)28/h2-11,16,19,30,35H,12-15,17-18,20,33H2,1H3. The lowest BCUT2D eigenvalue weighted by Gasteiger charge is -2.41. The first-order valence-corrected chi connectivity index (χ1v) is 14.3. The third-order valence-corrected chi connectivity index (χ3v) is 8.67. The zero-order valence-electron chi connectivity index (χ0n) is 23.0. The maximum Gasteiger partial charge on any atom is 0.232 e. The number of amides is 2. The Kier molecular flexibility index (Phi) is 7.19. The summed E-state index contributed by atoms with van der Waals surface area (Å²) in [6.07, 6.45) is 2.57. The van der Waals surface area contributed by atoms with Gasteiger partial charge in [-0.25, -0.2) is 0 Å². The van der Waals surface area contributed by atoms with Crippen LogP contribution in [0.15, 0.2) is 72.9 Å². The Labute approximate surface area is 240 Å². The number of aromatic nitrogens is 1. The second kappa shape index (κ2) is 10.8. The largest absolute Gasteiger partial charge is 0.378 e. The number of benzene rings is 3. The van der Waals surface area contributed by atoms with E-state index in [2.05, 4.69) is 68.3 Å². The number of fused-ring (bicyclic) bond motifs is 1. The van der Waals surface area contributed by atoms with E-state index >= 15 is 0 Å². The normalized spacial score (nSPS) is 21.4. The molecule has 2 unspecified atom stereocenters. The molecular weight excluding hydrogens is 521 g/mol. The number of nitrogens with zero attached hydrogens (tertiary/aromatic N) is 2. The molecule has 0 bridgehead atoms. The van der Waals surface area contributed by atoms with Crippen molar-refractivity contribution < 1.29 is 14.3 Å². The summed E-state index contributed by atoms with van der Waals surface area (Å²) < 4.78 is 5.59. The van der Waals surface area contributed by atoms with E-state index in [1.165, 1.54) is 0 Å². The van der Waals surface area contributed by atoms with E-state index in [1.54, 1.807) is 0 Å². The predicted molar refractivity (Wildman–Crippen MR) is 161 cm³/mol. The highest BCUT2D eigenvalue weighted by Crippen LogP contribution is 2.53. The number of aromatic amines is 1. The summed E-state index contributed by atoms with van der Waals surface area (Å²) >= 11 is 6.33. The third-order valence-electron chi connectivity index (χ3n) is 8.43. The molecule has 8 heteroatoms. The molecule has 0 aliphatic carbocycles. The molecule has 4 aromatic rings. The lowest BCUT2D eigenvalue weighted by Crippen LogP contribution is -2.51. The van der Waals surface area contributed by atoms with Gasteiger partial charge in [-0.1, -0.05) is 77.2 Å². The van der Waals surface area contributed by atoms with Crippen LogP contribution in [0.1, 0.15) is 34.7 Å². The molecule has 0 saturated carbocycles. The van der Waals surface area contributed by atoms with Crippen molar-refractivity contribution in [1.29, 1.82) is 0 Å². The van der Waals surface area contributed by atoms with E-state index in [1.807, 2.05) is 34.2 Å². The van der Waals surface area contributed by atoms with Gasteiger partial charge in [-0.2, -0.15) is 0 Å². The van der Waals surface area contributed by atoms with Crippen LogP contribution < -0.4 is 5.46 Å². The molecule has 2 saturated heterocycles. The van der Waals surface area contributed by atoms with Crippen LogP contribution in [-0.4, -0.2) is 60.7 Å². The first-order valence-electron chi connectivity index (χ1n) is 13.9. The minimum absolute atomic E-state index is 0.0115. The van der Waals surface area contributed by atoms with Crippen LogP contribution in [0.2, 0.25) is 5.02 Å². The molecule has 3 heterocycles. The lowest BCUT2D eigenvalue weighted by atomic mass is 9.71. The van der Waals surface area contributed by atoms with Gasteiger partial charge in [0.15, 0.2) is 0 Å². The Bertz CT molecular complexity index is 1550. The number of ether oxygens (including phenoxy) is 1. The SMILES string of the molecule is Bc1ccc(CN2C(=O)CC(Cc3ccc(C)cc3)(C(=O)N3CCOCC3)C2c2c[nH]c3cc(Cl)ccc23)cc1. The Morgan fingerprint density at radius 1 is 1.05 bits per heavy atom. The Balaban J connectivity index is 1.53. The zero-order valence-corrected chi connectivity index (χ0v) is 23.7. The first kappa shape index (κ1) is 26.7. The molecule has 6 rings (SSSR count). The third kappa shape index (κ3) is 4.93. The van der Waals surface area contributed by atoms with Gasteiger partial charge in [0.2, 0.25) is 11.8 Å². The van der Waals surface area contributed by atoms with E-state index in [0.717, 1.165) is 38.6 Å². The summed E-state index contributed by atoms with van der Waals surface area (Å²) in [5.74, 6) is 0.00653. The van der Waals surface area contributed by atoms with Gasteiger partial charge in [0.1, 0.15) is 7.85 Å². The maximum absolute atomic E-state index is 14.7. The van der Waals surface area contributed by atoms with Crippen molar-refractivity contribution in [3.63, 3.8) is 0 Å². The molecule has 40 heavy (non-hydrogen) atoms. The van der Waals surface area contributed by atoms with Crippen LogP contribution in [0.3, 0.4) is 0 Å². The Morgan fingerprint density at radius 3 is 2.48 bits per heavy atom. The van der Waals surface area contributed by atoms with Crippen LogP contribution >= 0.6 is 11.6 Å². The second-order valence-electron chi connectivity index (χ2n) is 11.2. The number of rotatable bonds is 6. The monoisotopic (exact) mass is 553 g/mol. The number of hydrogen-bond acceptors (Lipinski definition) is 3. The van der Waals surface area contributed by atoms with Crippen molar-refractivity contribution in [2.45, 2.75) is 32.4 Å². The summed E-state index contributed by atoms with van der Waals surface area (Å²) in [5.41, 5.74) is 5.26. The van der Waals surface area contributed by atoms with Crippen LogP contribution in [0.25, 0.3) is 10.9 Å². The van der Waals surface area contributed by atoms with E-state index in [9.17, 15) is 9.59 Å². The fourth-order valence-corrected chi connectivity index (χ4v) is 6.54. The van der Waals surface area contributed by atoms with E-state index < -0.39 is 11.5 Å². The number of carbonyl (C=O) groups excluding carboxylic acids is 2. The summed E-state index contributed by atoms with van der Waals surface area (Å²) in [6.45, 7) is 4.54. The summed E-state index contributed by atoms with van der Waals surface area (Å²) in [6, 6.07) is 21.9. The zero-order chi connectivity index (χ0) is 27.9. The molecule has 2 fully saturated rings. The van der Waals surface area contributed by atoms with Crippen molar-refractivity contribution in [2.75, 3.05) is 26.3 Å². The van der Waals surface area contributed by atoms with Gasteiger partial charge in [0, 0.05) is 53.7 Å². The molecule has 0 radical (unpaired) electrons. The molecule has 2 aliphatic heterocycles. The van der Waals surface area contributed by atoms with Gasteiger partial charge in [0.25, 0.3) is 0 Å². The smallest absolute Gasteiger partial charge is 0.232 e. The maximum atomic E-state index is 14.7. The number of aryl methyl sites for hydroxylation is 1. The number of halogens is 1. The molecule has 1 N–H and O–H groups in total. The van der Waals surface area contributed by atoms with Crippen LogP contribution in [0.5, 0.6) is 0 Å². The van der Waals surface area contributed by atoms with Crippen LogP contribution in [0.4, 0.5) is 0 Å². The van der Waals surface area contributed by atoms with Gasteiger partial charge in [0.05, 0.1) is 24.7 Å². The van der Waals surface area contributed by atoms with Crippen molar-refractivity contribution in [3.8, 4) is 0 Å². The van der Waals surface area contributed by atoms with Crippen molar-refractivity contribution >= 4 is 47.6 Å². The molecule has 2 aliphatic rings. The molecule has 6 nitrogen and oxygen atoms in total. The van der Waals surface area contributed by atoms with Gasteiger partial charge in [-0.15, -0.1) is 0 Å². The van der Waals surface area contributed by atoms with Crippen LogP contribution in [-0.2, 0) is 27.3 Å². The quantitative estimate of drug-likeness (QED) is 0.368. The highest BCUT2D eigenvalue weighted by Gasteiger charge is 2.58. The number of H-pyrrole nitrogens is 1. The second-order valence-corrected chi connectivity index (χ2v) is 11.7. The minimum Gasteiger partial charge on any atom is -0.378 e. The number of morpholine rings is 1. The average molecular weight is 554 g/mol. The predicted octanol–water partition coefficient (Wildman–Crippen LogP) is 3.95. The molecule has 0 spiro atoms. The van der Waals surface area contributed by atoms with E-state index in [-0.39, 0.29) is 18.2 Å². The van der Waals surface area contributed by atoms with E-state index in [4.69, 9.17) is 16.3 Å². The number of hydrogen-bond donors (Lipinski definition) is 1. The van der Waals surface area contributed by atoms with Gasteiger partial charge < -0.3 is 19.5 Å². The van der Waals surface area contributed by atoms with Crippen molar-refractivity contribution in [3.05, 3.63) is 100 Å². The lowest BCUT2D eigenvalue weighted by molar-refractivity contribution is -0.148. The highest BCUT2D eigenvalue weighted by molar-refractivity contribution is 6.32. The fraction of sp³-hybridized carbons (Fsp3) is 0.312. The van der Waals surface area contributed by atoms with E-state index in [0.29, 0.717) is 44.3 Å². The average Bonchev–Trinajstić information content (AvgIpc) is 3.48. The van der Waals surface area contributed by atoms with Crippen molar-refractivity contribution in [1.82, 2.24) is 14.8 Å². The molecular formula is C32H33BClN3O3. The van der Waals surface area contributed by atoms with Gasteiger partial charge in [-0.3, -0.25) is 9.59 Å². The number of likely N-dealkylation sites (tertiary alicyclic amines) is 1. The molecule has 204 valence electrons. The first-order chi connectivity index (χ1) is 19.3. The van der Waals surface area contributed by atoms with Crippen molar-refractivity contribution in [2.24, 2.45) is 5.41 Å². The fourth-order valence-electron chi connectivity index (χ4n) is 6.37. The van der Waals surface area contributed by atoms with Crippen LogP contribution in [0, 0.1) is 12.3 Å². The topological polar surface area (TPSA) is 65.6 Å². The molecule has 1 aromatic heterocycles. The number of carbonyl (C=O) groups is 2. The summed E-state index contributed by atoms with van der Waals surface area (Å²) in [5, 5.41) is 1.61. The highest BCUT2D eigenvalue weighted by atomic mass is 35.5. The molecule has 3 aromatic carbocycles. The Hall–Kier alpha value is -3.55. The number of nitrogens with one attached hydrogen (secondary N) is 1. The Morgan fingerprint density at radius 2 is 1.75 bits per heavy atom. The summed E-state index contributed by atoms with van der Waals surface area (Å²) in [7, 11) is 2.05. The van der Waals surface area contributed by atoms with Gasteiger partial charge >= 0.3 is 0 Å².